The number of aromatic nitrogens is 2. The Morgan fingerprint density at radius 3 is 1.71 bits per heavy atom. The molecule has 8 aromatic carbocycles. The Morgan fingerprint density at radius 2 is 0.933 bits per heavy atom. The van der Waals surface area contributed by atoms with E-state index in [2.05, 4.69) is 156 Å². The van der Waals surface area contributed by atoms with Gasteiger partial charge in [-0.15, -0.1) is 0 Å². The Labute approximate surface area is 259 Å². The number of benzene rings is 8. The van der Waals surface area contributed by atoms with Crippen LogP contribution in [0, 0.1) is 0 Å². The molecule has 0 spiro atoms. The Kier molecular flexibility index (Phi) is 5.03. The van der Waals surface area contributed by atoms with Crippen LogP contribution < -0.4 is 0 Å². The zero-order chi connectivity index (χ0) is 29.5. The molecule has 0 radical (unpaired) electrons. The second-order valence-corrected chi connectivity index (χ2v) is 11.9. The number of rotatable bonds is 2. The molecule has 0 atom stereocenters. The average Bonchev–Trinajstić information content (AvgIpc) is 3.45. The normalized spacial score (nSPS) is 12.0. The molecule has 45 heavy (non-hydrogen) atoms. The van der Waals surface area contributed by atoms with Crippen molar-refractivity contribution >= 4 is 75.7 Å². The van der Waals surface area contributed by atoms with E-state index in [1.54, 1.807) is 0 Å². The van der Waals surface area contributed by atoms with Gasteiger partial charge in [0, 0.05) is 38.7 Å². The third-order valence-corrected chi connectivity index (χ3v) is 9.61. The lowest BCUT2D eigenvalue weighted by Crippen LogP contribution is -1.98. The van der Waals surface area contributed by atoms with Crippen LogP contribution in [-0.4, -0.2) is 9.55 Å². The van der Waals surface area contributed by atoms with Gasteiger partial charge in [0.25, 0.3) is 0 Å². The van der Waals surface area contributed by atoms with E-state index < -0.39 is 0 Å². The summed E-state index contributed by atoms with van der Waals surface area (Å²) in [7, 11) is 0. The molecule has 0 aliphatic rings. The Morgan fingerprint density at radius 1 is 0.378 bits per heavy atom. The summed E-state index contributed by atoms with van der Waals surface area (Å²) in [6.45, 7) is 0. The van der Waals surface area contributed by atoms with Gasteiger partial charge in [0.15, 0.2) is 0 Å². The highest BCUT2D eigenvalue weighted by Crippen LogP contribution is 2.44. The van der Waals surface area contributed by atoms with Gasteiger partial charge in [0.05, 0.1) is 22.4 Å². The Balaban J connectivity index is 1.40. The second kappa shape index (κ2) is 9.25. The second-order valence-electron chi connectivity index (χ2n) is 11.9. The van der Waals surface area contributed by atoms with Gasteiger partial charge in [-0.05, 0) is 55.9 Å². The summed E-state index contributed by atoms with van der Waals surface area (Å²) in [4.78, 5) is 4.92. The van der Waals surface area contributed by atoms with Crippen LogP contribution in [0.25, 0.3) is 92.6 Å². The SMILES string of the molecule is c1ccc2c(-c3ccc(-n4c5ccccc5c5ccc6c7ccccc7c7ccccc7c6c54)c4ccccc34)nccc2c1. The third-order valence-electron chi connectivity index (χ3n) is 9.61. The van der Waals surface area contributed by atoms with Crippen molar-refractivity contribution in [3.05, 3.63) is 158 Å². The highest BCUT2D eigenvalue weighted by molar-refractivity contribution is 6.33. The first kappa shape index (κ1) is 24.5. The van der Waals surface area contributed by atoms with E-state index in [9.17, 15) is 0 Å². The minimum Gasteiger partial charge on any atom is -0.308 e. The van der Waals surface area contributed by atoms with Gasteiger partial charge >= 0.3 is 0 Å². The van der Waals surface area contributed by atoms with Crippen LogP contribution in [0.2, 0.25) is 0 Å². The molecule has 0 aliphatic carbocycles. The van der Waals surface area contributed by atoms with Crippen molar-refractivity contribution in [2.24, 2.45) is 0 Å². The molecule has 0 N–H and O–H groups in total. The monoisotopic (exact) mass is 570 g/mol. The molecule has 2 heteroatoms. The van der Waals surface area contributed by atoms with E-state index >= 15 is 0 Å². The lowest BCUT2D eigenvalue weighted by molar-refractivity contribution is 1.20. The van der Waals surface area contributed by atoms with Gasteiger partial charge in [-0.2, -0.15) is 0 Å². The fraction of sp³-hybridized carbons (Fsp3) is 0. The van der Waals surface area contributed by atoms with Crippen molar-refractivity contribution < 1.29 is 0 Å². The van der Waals surface area contributed by atoms with E-state index in [0.717, 1.165) is 11.3 Å². The predicted octanol–water partition coefficient (Wildman–Crippen LogP) is 11.6. The average molecular weight is 571 g/mol. The van der Waals surface area contributed by atoms with E-state index in [1.807, 2.05) is 6.20 Å². The number of hydrogen-bond donors (Lipinski definition) is 0. The van der Waals surface area contributed by atoms with Crippen LogP contribution in [0.4, 0.5) is 0 Å². The van der Waals surface area contributed by atoms with Crippen molar-refractivity contribution in [2.45, 2.75) is 0 Å². The summed E-state index contributed by atoms with van der Waals surface area (Å²) in [5, 5.41) is 15.0. The van der Waals surface area contributed by atoms with E-state index in [4.69, 9.17) is 4.98 Å². The molecule has 2 aromatic heterocycles. The largest absolute Gasteiger partial charge is 0.308 e. The van der Waals surface area contributed by atoms with Crippen molar-refractivity contribution in [1.29, 1.82) is 0 Å². The number of para-hydroxylation sites is 1. The zero-order valence-corrected chi connectivity index (χ0v) is 24.4. The molecule has 0 amide bonds. The molecule has 2 nitrogen and oxygen atoms in total. The lowest BCUT2D eigenvalue weighted by Gasteiger charge is -2.17. The summed E-state index contributed by atoms with van der Waals surface area (Å²) in [5.74, 6) is 0. The first-order valence-electron chi connectivity index (χ1n) is 15.5. The molecule has 2 heterocycles. The van der Waals surface area contributed by atoms with E-state index in [-0.39, 0.29) is 0 Å². The molecular formula is C43H26N2. The Bertz CT molecular complexity index is 2780. The number of fused-ring (bicyclic) bond motifs is 12. The summed E-state index contributed by atoms with van der Waals surface area (Å²) < 4.78 is 2.51. The number of nitrogens with zero attached hydrogens (tertiary/aromatic N) is 2. The zero-order valence-electron chi connectivity index (χ0n) is 24.4. The highest BCUT2D eigenvalue weighted by Gasteiger charge is 2.20. The Hall–Kier alpha value is -5.99. The van der Waals surface area contributed by atoms with Crippen molar-refractivity contribution in [3.63, 3.8) is 0 Å². The molecular weight excluding hydrogens is 544 g/mol. The molecule has 0 saturated heterocycles. The summed E-state index contributed by atoms with van der Waals surface area (Å²) in [6.07, 6.45) is 1.93. The van der Waals surface area contributed by atoms with Gasteiger partial charge in [-0.3, -0.25) is 4.98 Å². The van der Waals surface area contributed by atoms with Crippen LogP contribution in [0.15, 0.2) is 158 Å². The molecule has 0 saturated carbocycles. The quantitative estimate of drug-likeness (QED) is 0.189. The molecule has 208 valence electrons. The first-order valence-corrected chi connectivity index (χ1v) is 15.5. The van der Waals surface area contributed by atoms with Crippen LogP contribution in [0.5, 0.6) is 0 Å². The van der Waals surface area contributed by atoms with Gasteiger partial charge in [0.2, 0.25) is 0 Å². The predicted molar refractivity (Wildman–Crippen MR) is 192 cm³/mol. The highest BCUT2D eigenvalue weighted by atomic mass is 15.0. The maximum atomic E-state index is 4.92. The summed E-state index contributed by atoms with van der Waals surface area (Å²) in [5.41, 5.74) is 5.79. The summed E-state index contributed by atoms with van der Waals surface area (Å²) >= 11 is 0. The molecule has 0 bridgehead atoms. The van der Waals surface area contributed by atoms with E-state index in [1.165, 1.54) is 81.4 Å². The minimum absolute atomic E-state index is 1.01. The van der Waals surface area contributed by atoms with Crippen molar-refractivity contribution in [1.82, 2.24) is 9.55 Å². The van der Waals surface area contributed by atoms with Gasteiger partial charge < -0.3 is 4.57 Å². The molecule has 10 aromatic rings. The van der Waals surface area contributed by atoms with E-state index in [0.29, 0.717) is 0 Å². The van der Waals surface area contributed by atoms with Gasteiger partial charge in [-0.25, -0.2) is 0 Å². The topological polar surface area (TPSA) is 17.8 Å². The van der Waals surface area contributed by atoms with Crippen LogP contribution >= 0.6 is 0 Å². The van der Waals surface area contributed by atoms with Gasteiger partial charge in [-0.1, -0.05) is 133 Å². The van der Waals surface area contributed by atoms with Crippen LogP contribution in [0.3, 0.4) is 0 Å². The smallest absolute Gasteiger partial charge is 0.0786 e. The molecule has 0 fully saturated rings. The number of pyridine rings is 1. The third kappa shape index (κ3) is 3.37. The van der Waals surface area contributed by atoms with Crippen molar-refractivity contribution in [2.75, 3.05) is 0 Å². The fourth-order valence-electron chi connectivity index (χ4n) is 7.71. The molecule has 0 aliphatic heterocycles. The maximum Gasteiger partial charge on any atom is 0.0786 e. The molecule has 10 rings (SSSR count). The minimum atomic E-state index is 1.01. The first-order chi connectivity index (χ1) is 22.4. The standard InChI is InChI=1S/C43H26N2/c1-2-12-28-27(11-1)25-26-44-42(28)37-23-24-40(33-17-7-5-16-32(33)37)45-39-20-10-9-18-34(39)38-22-21-36-31-15-4-3-13-29(31)30-14-6-8-19-35(30)41(36)43(38)45/h1-26H. The van der Waals surface area contributed by atoms with Gasteiger partial charge in [0.1, 0.15) is 0 Å². The van der Waals surface area contributed by atoms with Crippen LogP contribution in [-0.2, 0) is 0 Å². The lowest BCUT2D eigenvalue weighted by atomic mass is 9.92. The maximum absolute atomic E-state index is 4.92. The van der Waals surface area contributed by atoms with Crippen molar-refractivity contribution in [3.8, 4) is 16.9 Å². The molecule has 0 unspecified atom stereocenters. The summed E-state index contributed by atoms with van der Waals surface area (Å²) in [6, 6.07) is 55.2. The number of hydrogen-bond acceptors (Lipinski definition) is 1. The fourth-order valence-corrected chi connectivity index (χ4v) is 7.71. The van der Waals surface area contributed by atoms with Crippen LogP contribution in [0.1, 0.15) is 0 Å².